The zero-order chi connectivity index (χ0) is 23.8. The lowest BCUT2D eigenvalue weighted by atomic mass is 10.0. The van der Waals surface area contributed by atoms with Gasteiger partial charge in [0.05, 0.1) is 29.2 Å². The smallest absolute Gasteiger partial charge is 0.411 e. The summed E-state index contributed by atoms with van der Waals surface area (Å²) in [6.07, 6.45) is 3.02. The van der Waals surface area contributed by atoms with E-state index in [2.05, 4.69) is 32.3 Å². The Kier molecular flexibility index (Phi) is 8.34. The molecule has 1 radical (unpaired) electrons. The second-order valence-corrected chi connectivity index (χ2v) is 7.60. The van der Waals surface area contributed by atoms with Crippen LogP contribution in [0.25, 0.3) is 11.3 Å². The van der Waals surface area contributed by atoms with Crippen molar-refractivity contribution in [2.45, 2.75) is 25.4 Å². The second kappa shape index (κ2) is 11.4. The molecule has 9 heteroatoms. The van der Waals surface area contributed by atoms with E-state index >= 15 is 0 Å². The van der Waals surface area contributed by atoms with Crippen LogP contribution in [0.3, 0.4) is 0 Å². The Labute approximate surface area is 197 Å². The molecule has 0 aliphatic heterocycles. The fourth-order valence-electron chi connectivity index (χ4n) is 3.10. The average Bonchev–Trinajstić information content (AvgIpc) is 2.83. The van der Waals surface area contributed by atoms with E-state index in [4.69, 9.17) is 11.6 Å². The summed E-state index contributed by atoms with van der Waals surface area (Å²) < 4.78 is 4.64. The van der Waals surface area contributed by atoms with Crippen LogP contribution in [0.15, 0.2) is 54.9 Å². The molecule has 2 heterocycles. The van der Waals surface area contributed by atoms with Crippen LogP contribution in [0.5, 0.6) is 0 Å². The van der Waals surface area contributed by atoms with Gasteiger partial charge in [0.1, 0.15) is 6.10 Å². The molecule has 0 fully saturated rings. The van der Waals surface area contributed by atoms with Crippen LogP contribution in [0.1, 0.15) is 36.6 Å². The highest BCUT2D eigenvalue weighted by Crippen LogP contribution is 2.32. The summed E-state index contributed by atoms with van der Waals surface area (Å²) in [7, 11) is 1.27. The van der Waals surface area contributed by atoms with Gasteiger partial charge in [-0.25, -0.2) is 4.79 Å². The first kappa shape index (κ1) is 24.2. The molecule has 1 atom stereocenters. The van der Waals surface area contributed by atoms with E-state index < -0.39 is 12.2 Å². The molecule has 0 aliphatic carbocycles. The topological polar surface area (TPSA) is 113 Å². The Morgan fingerprint density at radius 2 is 1.97 bits per heavy atom. The monoisotopic (exact) mass is 467 g/mol. The van der Waals surface area contributed by atoms with Crippen molar-refractivity contribution >= 4 is 35.0 Å². The van der Waals surface area contributed by atoms with Crippen molar-refractivity contribution in [3.05, 3.63) is 78.1 Å². The second-order valence-electron chi connectivity index (χ2n) is 7.16. The van der Waals surface area contributed by atoms with Gasteiger partial charge in [-0.1, -0.05) is 24.9 Å². The summed E-state index contributed by atoms with van der Waals surface area (Å²) in [5.74, 6) is -0.184. The number of benzene rings is 1. The number of carbonyl (C=O) groups excluding carboxylic acids is 2. The van der Waals surface area contributed by atoms with Gasteiger partial charge in [0.2, 0.25) is 5.91 Å². The summed E-state index contributed by atoms with van der Waals surface area (Å²) in [4.78, 5) is 32.6. The number of aromatic nitrogens is 2. The average molecular weight is 468 g/mol. The minimum Gasteiger partial charge on any atom is -0.453 e. The van der Waals surface area contributed by atoms with E-state index in [9.17, 15) is 14.7 Å². The van der Waals surface area contributed by atoms with Gasteiger partial charge in [-0.2, -0.15) is 0 Å². The van der Waals surface area contributed by atoms with E-state index in [-0.39, 0.29) is 5.91 Å². The van der Waals surface area contributed by atoms with E-state index in [0.29, 0.717) is 58.2 Å². The lowest BCUT2D eigenvalue weighted by molar-refractivity contribution is -0.116. The van der Waals surface area contributed by atoms with Crippen molar-refractivity contribution in [1.29, 1.82) is 0 Å². The van der Waals surface area contributed by atoms with Crippen LogP contribution < -0.4 is 10.6 Å². The fraction of sp³-hybridized carbons (Fsp3) is 0.208. The first-order chi connectivity index (χ1) is 15.9. The molecule has 171 valence electrons. The van der Waals surface area contributed by atoms with Gasteiger partial charge in [0.25, 0.3) is 0 Å². The minimum absolute atomic E-state index is 0.184. The highest BCUT2D eigenvalue weighted by atomic mass is 35.5. The summed E-state index contributed by atoms with van der Waals surface area (Å²) in [5, 5.41) is 16.7. The van der Waals surface area contributed by atoms with E-state index in [0.717, 1.165) is 0 Å². The summed E-state index contributed by atoms with van der Waals surface area (Å²) in [6, 6.07) is 11.7. The van der Waals surface area contributed by atoms with Crippen molar-refractivity contribution in [1.82, 2.24) is 9.97 Å². The lowest BCUT2D eigenvalue weighted by Gasteiger charge is -2.15. The number of ether oxygens (including phenoxy) is 1. The molecule has 2 aromatic heterocycles. The van der Waals surface area contributed by atoms with Crippen molar-refractivity contribution in [2.75, 3.05) is 17.7 Å². The standard InChI is InChI=1S/C24H24ClN4O4/c1-3-4-5-22(30)29-21-13-17(28-24(32)33-2)7-8-18(21)20-12-15(10-11-26-20)23(31)19-9-6-16(25)14-27-19/h6-14,23,31H,1,3-5H2,2H3,(H,28,32)(H,29,30)/t23-/m0/s1. The third-order valence-electron chi connectivity index (χ3n) is 4.79. The highest BCUT2D eigenvalue weighted by Gasteiger charge is 2.16. The van der Waals surface area contributed by atoms with Crippen LogP contribution in [0, 0.1) is 6.92 Å². The predicted octanol–water partition coefficient (Wildman–Crippen LogP) is 5.00. The van der Waals surface area contributed by atoms with Crippen molar-refractivity contribution in [3.63, 3.8) is 0 Å². The number of hydrogen-bond acceptors (Lipinski definition) is 6. The predicted molar refractivity (Wildman–Crippen MR) is 127 cm³/mol. The van der Waals surface area contributed by atoms with Gasteiger partial charge < -0.3 is 15.2 Å². The highest BCUT2D eigenvalue weighted by molar-refractivity contribution is 6.30. The SMILES string of the molecule is [CH2]CCCC(=O)Nc1cc(NC(=O)OC)ccc1-c1cc([C@H](O)c2ccc(Cl)cn2)ccn1. The first-order valence-electron chi connectivity index (χ1n) is 10.2. The number of nitrogens with one attached hydrogen (secondary N) is 2. The van der Waals surface area contributed by atoms with Gasteiger partial charge in [0.15, 0.2) is 0 Å². The third kappa shape index (κ3) is 6.50. The van der Waals surface area contributed by atoms with Gasteiger partial charge in [-0.05, 0) is 54.4 Å². The van der Waals surface area contributed by atoms with Gasteiger partial charge in [-0.15, -0.1) is 0 Å². The minimum atomic E-state index is -0.987. The van der Waals surface area contributed by atoms with Crippen LogP contribution in [0.4, 0.5) is 16.2 Å². The largest absolute Gasteiger partial charge is 0.453 e. The van der Waals surface area contributed by atoms with Gasteiger partial charge in [-0.3, -0.25) is 20.1 Å². The Balaban J connectivity index is 1.96. The molecule has 0 aliphatic rings. The van der Waals surface area contributed by atoms with Crippen molar-refractivity contribution in [3.8, 4) is 11.3 Å². The molecule has 1 aromatic carbocycles. The maximum absolute atomic E-state index is 12.4. The summed E-state index contributed by atoms with van der Waals surface area (Å²) >= 11 is 5.89. The van der Waals surface area contributed by atoms with Gasteiger partial charge in [0, 0.05) is 30.1 Å². The normalized spacial score (nSPS) is 11.5. The zero-order valence-corrected chi connectivity index (χ0v) is 18.8. The zero-order valence-electron chi connectivity index (χ0n) is 18.0. The molecule has 0 saturated carbocycles. The quantitative estimate of drug-likeness (QED) is 0.429. The summed E-state index contributed by atoms with van der Waals surface area (Å²) in [6.45, 7) is 3.75. The number of aliphatic hydroxyl groups is 1. The Bertz CT molecular complexity index is 1120. The Morgan fingerprint density at radius 3 is 2.67 bits per heavy atom. The number of anilines is 2. The van der Waals surface area contributed by atoms with Crippen molar-refractivity contribution in [2.24, 2.45) is 0 Å². The number of pyridine rings is 2. The molecule has 3 N–H and O–H groups in total. The number of aliphatic hydroxyl groups excluding tert-OH is 1. The Hall–Kier alpha value is -3.49. The molecule has 0 bridgehead atoms. The van der Waals surface area contributed by atoms with Crippen molar-refractivity contribution < 1.29 is 19.4 Å². The molecule has 33 heavy (non-hydrogen) atoms. The number of halogens is 1. The number of carbonyl (C=O) groups is 2. The molecular formula is C24H24ClN4O4. The molecule has 3 aromatic rings. The lowest BCUT2D eigenvalue weighted by Crippen LogP contribution is -2.14. The molecule has 0 saturated heterocycles. The number of methoxy groups -OCH3 is 1. The van der Waals surface area contributed by atoms with E-state index in [1.807, 2.05) is 0 Å². The van der Waals surface area contributed by atoms with Crippen LogP contribution in [-0.4, -0.2) is 34.2 Å². The molecule has 8 nitrogen and oxygen atoms in total. The Morgan fingerprint density at radius 1 is 1.15 bits per heavy atom. The van der Waals surface area contributed by atoms with Crippen LogP contribution >= 0.6 is 11.6 Å². The number of amides is 2. The molecule has 0 spiro atoms. The molecular weight excluding hydrogens is 444 g/mol. The number of nitrogens with zero attached hydrogens (tertiary/aromatic N) is 2. The fourth-order valence-corrected chi connectivity index (χ4v) is 3.21. The van der Waals surface area contributed by atoms with E-state index in [1.165, 1.54) is 13.3 Å². The maximum atomic E-state index is 12.4. The maximum Gasteiger partial charge on any atom is 0.411 e. The number of unbranched alkanes of at least 4 members (excludes halogenated alkanes) is 1. The number of hydrogen-bond donors (Lipinski definition) is 3. The van der Waals surface area contributed by atoms with E-state index in [1.54, 1.807) is 48.7 Å². The van der Waals surface area contributed by atoms with Crippen LogP contribution in [0.2, 0.25) is 5.02 Å². The molecule has 0 unspecified atom stereocenters. The molecule has 2 amide bonds. The third-order valence-corrected chi connectivity index (χ3v) is 5.01. The molecule has 3 rings (SSSR count). The summed E-state index contributed by atoms with van der Waals surface area (Å²) in [5.41, 5.74) is 3.06. The first-order valence-corrected chi connectivity index (χ1v) is 10.6. The van der Waals surface area contributed by atoms with Crippen LogP contribution in [-0.2, 0) is 9.53 Å². The van der Waals surface area contributed by atoms with Gasteiger partial charge >= 0.3 is 6.09 Å². The number of rotatable bonds is 8.